The fourth-order valence-electron chi connectivity index (χ4n) is 3.10. The fraction of sp³-hybridized carbons (Fsp3) is 1.00. The summed E-state index contributed by atoms with van der Waals surface area (Å²) in [4.78, 5) is 2.72. The van der Waals surface area contributed by atoms with Crippen LogP contribution in [-0.4, -0.2) is 36.1 Å². The highest BCUT2D eigenvalue weighted by molar-refractivity contribution is 4.86. The van der Waals surface area contributed by atoms with Crippen LogP contribution >= 0.6 is 0 Å². The second-order valence-electron chi connectivity index (χ2n) is 6.14. The number of hydrogen-bond donors (Lipinski definition) is 1. The zero-order valence-electron chi connectivity index (χ0n) is 12.5. The minimum absolute atomic E-state index is 0.669. The van der Waals surface area contributed by atoms with E-state index in [1.165, 1.54) is 32.2 Å². The average molecular weight is 240 g/mol. The molecule has 1 rings (SSSR count). The molecule has 0 radical (unpaired) electrons. The van der Waals surface area contributed by atoms with E-state index in [2.05, 4.69) is 44.8 Å². The summed E-state index contributed by atoms with van der Waals surface area (Å²) in [5.41, 5.74) is 0. The summed E-state index contributed by atoms with van der Waals surface area (Å²) in [5.74, 6) is 0.799. The zero-order chi connectivity index (χ0) is 12.8. The molecule has 1 aliphatic heterocycles. The molecule has 2 nitrogen and oxygen atoms in total. The van der Waals surface area contributed by atoms with Crippen molar-refractivity contribution < 1.29 is 0 Å². The van der Waals surface area contributed by atoms with E-state index in [0.717, 1.165) is 18.5 Å². The van der Waals surface area contributed by atoms with E-state index >= 15 is 0 Å². The highest BCUT2D eigenvalue weighted by atomic mass is 15.2. The molecule has 0 aromatic carbocycles. The van der Waals surface area contributed by atoms with Crippen molar-refractivity contribution in [3.63, 3.8) is 0 Å². The molecule has 0 aromatic rings. The molecule has 0 aliphatic carbocycles. The van der Waals surface area contributed by atoms with Gasteiger partial charge in [0, 0.05) is 24.7 Å². The van der Waals surface area contributed by atoms with Crippen molar-refractivity contribution >= 4 is 0 Å². The predicted molar refractivity (Wildman–Crippen MR) is 76.4 cm³/mol. The Morgan fingerprint density at radius 3 is 2.53 bits per heavy atom. The van der Waals surface area contributed by atoms with E-state index in [0.29, 0.717) is 12.1 Å². The van der Waals surface area contributed by atoms with Gasteiger partial charge in [0.05, 0.1) is 0 Å². The second kappa shape index (κ2) is 7.38. The predicted octanol–water partition coefficient (Wildman–Crippen LogP) is 3.27. The summed E-state index contributed by atoms with van der Waals surface area (Å²) >= 11 is 0. The molecule has 3 unspecified atom stereocenters. The van der Waals surface area contributed by atoms with Crippen molar-refractivity contribution in [1.82, 2.24) is 10.2 Å². The maximum Gasteiger partial charge on any atom is 0.0195 e. The van der Waals surface area contributed by atoms with Gasteiger partial charge in [0.25, 0.3) is 0 Å². The lowest BCUT2D eigenvalue weighted by Crippen LogP contribution is -2.46. The van der Waals surface area contributed by atoms with Crippen LogP contribution in [0, 0.1) is 5.92 Å². The third kappa shape index (κ3) is 4.59. The van der Waals surface area contributed by atoms with E-state index < -0.39 is 0 Å². The molecule has 1 saturated heterocycles. The Morgan fingerprint density at radius 2 is 1.94 bits per heavy atom. The minimum atomic E-state index is 0.669. The SMILES string of the molecule is CCCC(C)NCC(C)N1CCCC1C(C)C. The van der Waals surface area contributed by atoms with Crippen LogP contribution in [0.3, 0.4) is 0 Å². The number of hydrogen-bond acceptors (Lipinski definition) is 2. The molecule has 0 bridgehead atoms. The Morgan fingerprint density at radius 1 is 1.24 bits per heavy atom. The number of nitrogens with zero attached hydrogens (tertiary/aromatic N) is 1. The van der Waals surface area contributed by atoms with Gasteiger partial charge < -0.3 is 5.32 Å². The summed E-state index contributed by atoms with van der Waals surface area (Å²) in [5, 5.41) is 3.68. The maximum absolute atomic E-state index is 3.68. The summed E-state index contributed by atoms with van der Waals surface area (Å²) < 4.78 is 0. The highest BCUT2D eigenvalue weighted by Gasteiger charge is 2.30. The summed E-state index contributed by atoms with van der Waals surface area (Å²) in [7, 11) is 0. The van der Waals surface area contributed by atoms with Crippen molar-refractivity contribution in [3.8, 4) is 0 Å². The van der Waals surface area contributed by atoms with Gasteiger partial charge in [-0.15, -0.1) is 0 Å². The molecule has 102 valence electrons. The van der Waals surface area contributed by atoms with E-state index in [4.69, 9.17) is 0 Å². The molecule has 0 spiro atoms. The first-order valence-electron chi connectivity index (χ1n) is 7.55. The van der Waals surface area contributed by atoms with Crippen LogP contribution in [0.15, 0.2) is 0 Å². The van der Waals surface area contributed by atoms with Gasteiger partial charge in [0.1, 0.15) is 0 Å². The smallest absolute Gasteiger partial charge is 0.0195 e. The molecule has 0 aromatic heterocycles. The van der Waals surface area contributed by atoms with Crippen LogP contribution in [0.5, 0.6) is 0 Å². The van der Waals surface area contributed by atoms with Gasteiger partial charge in [-0.2, -0.15) is 0 Å². The fourth-order valence-corrected chi connectivity index (χ4v) is 3.10. The van der Waals surface area contributed by atoms with Gasteiger partial charge in [-0.25, -0.2) is 0 Å². The molecule has 1 aliphatic rings. The second-order valence-corrected chi connectivity index (χ2v) is 6.14. The normalized spacial score (nSPS) is 25.4. The highest BCUT2D eigenvalue weighted by Crippen LogP contribution is 2.25. The van der Waals surface area contributed by atoms with Gasteiger partial charge in [0.2, 0.25) is 0 Å². The van der Waals surface area contributed by atoms with Crippen LogP contribution < -0.4 is 5.32 Å². The van der Waals surface area contributed by atoms with Crippen LogP contribution in [0.1, 0.15) is 60.3 Å². The first-order valence-corrected chi connectivity index (χ1v) is 7.55. The Bertz CT molecular complexity index is 203. The summed E-state index contributed by atoms with van der Waals surface area (Å²) in [6, 6.07) is 2.17. The van der Waals surface area contributed by atoms with E-state index in [1.54, 1.807) is 0 Å². The first-order chi connectivity index (χ1) is 8.06. The van der Waals surface area contributed by atoms with Gasteiger partial charge in [-0.3, -0.25) is 4.90 Å². The van der Waals surface area contributed by atoms with Gasteiger partial charge >= 0.3 is 0 Å². The van der Waals surface area contributed by atoms with E-state index in [9.17, 15) is 0 Å². The molecule has 2 heteroatoms. The molecule has 0 amide bonds. The Labute approximate surface area is 108 Å². The number of nitrogens with one attached hydrogen (secondary N) is 1. The van der Waals surface area contributed by atoms with Crippen LogP contribution in [0.4, 0.5) is 0 Å². The molecular formula is C15H32N2. The molecular weight excluding hydrogens is 208 g/mol. The largest absolute Gasteiger partial charge is 0.313 e. The summed E-state index contributed by atoms with van der Waals surface area (Å²) in [6.07, 6.45) is 5.35. The lowest BCUT2D eigenvalue weighted by atomic mass is 10.0. The maximum atomic E-state index is 3.68. The van der Waals surface area contributed by atoms with Gasteiger partial charge in [-0.1, -0.05) is 27.2 Å². The molecule has 1 heterocycles. The molecule has 0 saturated carbocycles. The van der Waals surface area contributed by atoms with Gasteiger partial charge in [0.15, 0.2) is 0 Å². The van der Waals surface area contributed by atoms with Crippen LogP contribution in [0.25, 0.3) is 0 Å². The lowest BCUT2D eigenvalue weighted by molar-refractivity contribution is 0.151. The van der Waals surface area contributed by atoms with Crippen molar-refractivity contribution in [2.75, 3.05) is 13.1 Å². The third-order valence-corrected chi connectivity index (χ3v) is 4.16. The molecule has 1 N–H and O–H groups in total. The van der Waals surface area contributed by atoms with Crippen molar-refractivity contribution in [2.24, 2.45) is 5.92 Å². The molecule has 17 heavy (non-hydrogen) atoms. The minimum Gasteiger partial charge on any atom is -0.313 e. The topological polar surface area (TPSA) is 15.3 Å². The Hall–Kier alpha value is -0.0800. The molecule has 1 fully saturated rings. The number of likely N-dealkylation sites (tertiary alicyclic amines) is 1. The van der Waals surface area contributed by atoms with Gasteiger partial charge in [-0.05, 0) is 45.6 Å². The van der Waals surface area contributed by atoms with E-state index in [-0.39, 0.29) is 0 Å². The van der Waals surface area contributed by atoms with Crippen molar-refractivity contribution in [3.05, 3.63) is 0 Å². The van der Waals surface area contributed by atoms with Crippen molar-refractivity contribution in [1.29, 1.82) is 0 Å². The van der Waals surface area contributed by atoms with Crippen LogP contribution in [-0.2, 0) is 0 Å². The lowest BCUT2D eigenvalue weighted by Gasteiger charge is -2.33. The number of rotatable bonds is 7. The van der Waals surface area contributed by atoms with Crippen molar-refractivity contribution in [2.45, 2.75) is 78.4 Å². The quantitative estimate of drug-likeness (QED) is 0.735. The van der Waals surface area contributed by atoms with E-state index in [1.807, 2.05) is 0 Å². The molecule has 3 atom stereocenters. The standard InChI is InChI=1S/C15H32N2/c1-6-8-13(4)16-11-14(5)17-10-7-9-15(17)12(2)3/h12-16H,6-11H2,1-5H3. The monoisotopic (exact) mass is 240 g/mol. The zero-order valence-corrected chi connectivity index (χ0v) is 12.5. The average Bonchev–Trinajstić information content (AvgIpc) is 2.75. The van der Waals surface area contributed by atoms with Crippen LogP contribution in [0.2, 0.25) is 0 Å². The first kappa shape index (κ1) is 15.0. The Kier molecular flexibility index (Phi) is 6.50. The summed E-state index contributed by atoms with van der Waals surface area (Å²) in [6.45, 7) is 14.1. The third-order valence-electron chi connectivity index (χ3n) is 4.16. The Balaban J connectivity index is 2.33.